The lowest BCUT2D eigenvalue weighted by molar-refractivity contribution is 0.232. The molecule has 1 N–H and O–H groups in total. The topological polar surface area (TPSA) is 62.3 Å². The molecule has 0 unspecified atom stereocenters. The number of hydrogen-bond acceptors (Lipinski definition) is 5. The van der Waals surface area contributed by atoms with Gasteiger partial charge in [-0.2, -0.15) is 0 Å². The first-order chi connectivity index (χ1) is 9.90. The van der Waals surface area contributed by atoms with Crippen LogP contribution in [0.4, 0.5) is 5.69 Å². The van der Waals surface area contributed by atoms with Gasteiger partial charge in [-0.1, -0.05) is 0 Å². The first-order valence-electron chi connectivity index (χ1n) is 7.52. The molecular formula is C15H23N3O2S. The van der Waals surface area contributed by atoms with Crippen LogP contribution in [0.3, 0.4) is 0 Å². The molecule has 0 radical (unpaired) electrons. The number of rotatable bonds is 2. The molecule has 0 saturated carbocycles. The van der Waals surface area contributed by atoms with Crippen molar-refractivity contribution in [1.82, 2.24) is 10.3 Å². The fourth-order valence-corrected chi connectivity index (χ4v) is 4.52. The van der Waals surface area contributed by atoms with Crippen molar-refractivity contribution in [1.29, 1.82) is 0 Å². The molecule has 0 aromatic carbocycles. The summed E-state index contributed by atoms with van der Waals surface area (Å²) in [7, 11) is -3.24. The normalized spacial score (nSPS) is 21.9. The van der Waals surface area contributed by atoms with E-state index in [0.29, 0.717) is 5.41 Å². The summed E-state index contributed by atoms with van der Waals surface area (Å²) in [5, 5.41) is 3.62. The third-order valence-electron chi connectivity index (χ3n) is 4.83. The number of anilines is 1. The van der Waals surface area contributed by atoms with Crippen LogP contribution < -0.4 is 10.2 Å². The summed E-state index contributed by atoms with van der Waals surface area (Å²) in [5.74, 6) is 0. The van der Waals surface area contributed by atoms with Gasteiger partial charge in [-0.25, -0.2) is 13.4 Å². The molecule has 1 aromatic heterocycles. The van der Waals surface area contributed by atoms with Crippen LogP contribution in [0.5, 0.6) is 0 Å². The Morgan fingerprint density at radius 2 is 2.00 bits per heavy atom. The molecule has 2 aliphatic rings. The minimum Gasteiger partial charge on any atom is -0.370 e. The summed E-state index contributed by atoms with van der Waals surface area (Å²) >= 11 is 0. The van der Waals surface area contributed by atoms with E-state index in [1.807, 2.05) is 13.0 Å². The van der Waals surface area contributed by atoms with Gasteiger partial charge in [-0.3, -0.25) is 0 Å². The van der Waals surface area contributed by atoms with E-state index >= 15 is 0 Å². The second kappa shape index (κ2) is 5.25. The van der Waals surface area contributed by atoms with Crippen molar-refractivity contribution in [2.75, 3.05) is 37.3 Å². The van der Waals surface area contributed by atoms with E-state index in [1.54, 1.807) is 6.20 Å². The molecule has 2 saturated heterocycles. The summed E-state index contributed by atoms with van der Waals surface area (Å²) in [5.41, 5.74) is 2.23. The molecule has 1 aromatic rings. The van der Waals surface area contributed by atoms with Crippen LogP contribution in [0.25, 0.3) is 0 Å². The van der Waals surface area contributed by atoms with Gasteiger partial charge in [0.2, 0.25) is 0 Å². The molecule has 6 heteroatoms. The van der Waals surface area contributed by atoms with Crippen molar-refractivity contribution in [2.24, 2.45) is 5.41 Å². The van der Waals surface area contributed by atoms with Gasteiger partial charge < -0.3 is 10.2 Å². The average molecular weight is 309 g/mol. The third kappa shape index (κ3) is 2.92. The molecule has 21 heavy (non-hydrogen) atoms. The number of piperidine rings is 1. The van der Waals surface area contributed by atoms with Crippen LogP contribution in [-0.4, -0.2) is 45.8 Å². The van der Waals surface area contributed by atoms with Crippen molar-refractivity contribution < 1.29 is 8.42 Å². The highest BCUT2D eigenvalue weighted by Gasteiger charge is 2.39. The SMILES string of the molecule is Cc1cc(N2CCC3(CCNCC3)C2)cnc1S(C)(=O)=O. The molecule has 2 aliphatic heterocycles. The fraction of sp³-hybridized carbons (Fsp3) is 0.667. The number of aryl methyl sites for hydroxylation is 1. The molecule has 0 atom stereocenters. The molecule has 3 rings (SSSR count). The predicted octanol–water partition coefficient (Wildman–Crippen LogP) is 1.37. The fourth-order valence-electron chi connectivity index (χ4n) is 3.63. The summed E-state index contributed by atoms with van der Waals surface area (Å²) in [6.07, 6.45) is 6.61. The Morgan fingerprint density at radius 1 is 1.29 bits per heavy atom. The van der Waals surface area contributed by atoms with Crippen LogP contribution in [0.15, 0.2) is 17.3 Å². The zero-order valence-corrected chi connectivity index (χ0v) is 13.5. The van der Waals surface area contributed by atoms with E-state index < -0.39 is 9.84 Å². The van der Waals surface area contributed by atoms with Crippen LogP contribution in [0.1, 0.15) is 24.8 Å². The van der Waals surface area contributed by atoms with Crippen molar-refractivity contribution in [3.05, 3.63) is 17.8 Å². The second-order valence-electron chi connectivity index (χ2n) is 6.51. The van der Waals surface area contributed by atoms with Gasteiger partial charge in [-0.05, 0) is 56.3 Å². The number of hydrogen-bond donors (Lipinski definition) is 1. The highest BCUT2D eigenvalue weighted by molar-refractivity contribution is 7.90. The van der Waals surface area contributed by atoms with Crippen molar-refractivity contribution in [2.45, 2.75) is 31.2 Å². The highest BCUT2D eigenvalue weighted by atomic mass is 32.2. The standard InChI is InChI=1S/C15H23N3O2S/c1-12-9-13(10-17-14(12)21(2,19)20)18-8-5-15(11-18)3-6-16-7-4-15/h9-10,16H,3-8,11H2,1-2H3. The number of nitrogens with one attached hydrogen (secondary N) is 1. The lowest BCUT2D eigenvalue weighted by Gasteiger charge is -2.34. The number of nitrogens with zero attached hydrogens (tertiary/aromatic N) is 2. The summed E-state index contributed by atoms with van der Waals surface area (Å²) in [6.45, 7) is 6.15. The summed E-state index contributed by atoms with van der Waals surface area (Å²) in [4.78, 5) is 6.54. The Morgan fingerprint density at radius 3 is 2.62 bits per heavy atom. The number of pyridine rings is 1. The Bertz CT molecular complexity index is 636. The molecule has 1 spiro atoms. The molecule has 116 valence electrons. The Labute approximate surface area is 126 Å². The Balaban J connectivity index is 1.81. The lowest BCUT2D eigenvalue weighted by Crippen LogP contribution is -2.38. The molecule has 2 fully saturated rings. The highest BCUT2D eigenvalue weighted by Crippen LogP contribution is 2.40. The van der Waals surface area contributed by atoms with Gasteiger partial charge in [0, 0.05) is 19.3 Å². The van der Waals surface area contributed by atoms with Gasteiger partial charge in [0.25, 0.3) is 0 Å². The molecule has 0 bridgehead atoms. The molecule has 5 nitrogen and oxygen atoms in total. The van der Waals surface area contributed by atoms with Gasteiger partial charge >= 0.3 is 0 Å². The summed E-state index contributed by atoms with van der Waals surface area (Å²) < 4.78 is 23.3. The first-order valence-corrected chi connectivity index (χ1v) is 9.41. The predicted molar refractivity (Wildman–Crippen MR) is 83.5 cm³/mol. The van der Waals surface area contributed by atoms with Crippen LogP contribution in [-0.2, 0) is 9.84 Å². The van der Waals surface area contributed by atoms with Crippen molar-refractivity contribution in [3.63, 3.8) is 0 Å². The van der Waals surface area contributed by atoms with Gasteiger partial charge in [0.15, 0.2) is 14.9 Å². The minimum absolute atomic E-state index is 0.196. The van der Waals surface area contributed by atoms with E-state index in [0.717, 1.165) is 37.4 Å². The van der Waals surface area contributed by atoms with E-state index in [4.69, 9.17) is 0 Å². The number of sulfone groups is 1. The lowest BCUT2D eigenvalue weighted by atomic mass is 9.78. The number of aromatic nitrogens is 1. The maximum absolute atomic E-state index is 11.6. The quantitative estimate of drug-likeness (QED) is 0.894. The maximum Gasteiger partial charge on any atom is 0.193 e. The van der Waals surface area contributed by atoms with E-state index in [9.17, 15) is 8.42 Å². The smallest absolute Gasteiger partial charge is 0.193 e. The van der Waals surface area contributed by atoms with Gasteiger partial charge in [-0.15, -0.1) is 0 Å². The molecular weight excluding hydrogens is 286 g/mol. The minimum atomic E-state index is -3.24. The van der Waals surface area contributed by atoms with Crippen LogP contribution in [0, 0.1) is 12.3 Å². The monoisotopic (exact) mass is 309 g/mol. The Kier molecular flexibility index (Phi) is 3.69. The van der Waals surface area contributed by atoms with E-state index in [-0.39, 0.29) is 5.03 Å². The van der Waals surface area contributed by atoms with Crippen LogP contribution >= 0.6 is 0 Å². The van der Waals surface area contributed by atoms with Gasteiger partial charge in [0.05, 0.1) is 11.9 Å². The average Bonchev–Trinajstić information content (AvgIpc) is 2.82. The third-order valence-corrected chi connectivity index (χ3v) is 5.96. The second-order valence-corrected chi connectivity index (χ2v) is 8.44. The molecule has 3 heterocycles. The van der Waals surface area contributed by atoms with E-state index in [1.165, 1.54) is 25.5 Å². The summed E-state index contributed by atoms with van der Waals surface area (Å²) in [6, 6.07) is 1.96. The zero-order valence-electron chi connectivity index (χ0n) is 12.7. The van der Waals surface area contributed by atoms with Crippen molar-refractivity contribution >= 4 is 15.5 Å². The first kappa shape index (κ1) is 14.8. The Hall–Kier alpha value is -1.14. The largest absolute Gasteiger partial charge is 0.370 e. The zero-order chi connectivity index (χ0) is 15.1. The maximum atomic E-state index is 11.6. The van der Waals surface area contributed by atoms with Gasteiger partial charge in [0.1, 0.15) is 0 Å². The van der Waals surface area contributed by atoms with Crippen LogP contribution in [0.2, 0.25) is 0 Å². The van der Waals surface area contributed by atoms with Crippen molar-refractivity contribution in [3.8, 4) is 0 Å². The molecule has 0 aliphatic carbocycles. The molecule has 0 amide bonds. The van der Waals surface area contributed by atoms with E-state index in [2.05, 4.69) is 15.2 Å².